The first-order valence-corrected chi connectivity index (χ1v) is 7.77. The van der Waals surface area contributed by atoms with Gasteiger partial charge < -0.3 is 5.32 Å². The van der Waals surface area contributed by atoms with E-state index in [4.69, 9.17) is 0 Å². The van der Waals surface area contributed by atoms with Gasteiger partial charge in [0.05, 0.1) is 0 Å². The van der Waals surface area contributed by atoms with Crippen molar-refractivity contribution in [1.29, 1.82) is 0 Å². The Morgan fingerprint density at radius 2 is 2.00 bits per heavy atom. The van der Waals surface area contributed by atoms with Crippen LogP contribution < -0.4 is 5.32 Å². The molecule has 98 valence electrons. The zero-order valence-corrected chi connectivity index (χ0v) is 11.9. The Labute approximate surface area is 114 Å². The number of hydrogen-bond donors (Lipinski definition) is 1. The van der Waals surface area contributed by atoms with Crippen molar-refractivity contribution in [2.45, 2.75) is 17.4 Å². The summed E-state index contributed by atoms with van der Waals surface area (Å²) in [5.74, 6) is 0. The molecule has 0 saturated carbocycles. The van der Waals surface area contributed by atoms with Crippen LogP contribution in [-0.2, 0) is 0 Å². The molecule has 1 atom stereocenters. The van der Waals surface area contributed by atoms with Crippen molar-refractivity contribution in [2.75, 3.05) is 32.4 Å². The molecular formula is C15H22N2S. The van der Waals surface area contributed by atoms with Crippen molar-refractivity contribution in [1.82, 2.24) is 10.2 Å². The van der Waals surface area contributed by atoms with E-state index in [0.29, 0.717) is 6.04 Å². The maximum atomic E-state index is 3.91. The molecular weight excluding hydrogens is 240 g/mol. The summed E-state index contributed by atoms with van der Waals surface area (Å²) in [6, 6.07) is 9.46. The molecule has 0 amide bonds. The standard InChI is InChI=1S/C15H22N2S/c1-3-4-15(17-11-9-16-10-12-17)13-5-7-14(18-2)8-6-13/h3,5-8,15-16H,1,4,9-12H2,2H3/t15-/m0/s1. The number of piperazine rings is 1. The second-order valence-corrected chi connectivity index (χ2v) is 5.48. The quantitative estimate of drug-likeness (QED) is 0.649. The van der Waals surface area contributed by atoms with Crippen molar-refractivity contribution in [3.63, 3.8) is 0 Å². The fraction of sp³-hybridized carbons (Fsp3) is 0.467. The van der Waals surface area contributed by atoms with Crippen molar-refractivity contribution in [3.8, 4) is 0 Å². The van der Waals surface area contributed by atoms with Gasteiger partial charge in [-0.15, -0.1) is 18.3 Å². The van der Waals surface area contributed by atoms with Crippen LogP contribution in [0.25, 0.3) is 0 Å². The summed E-state index contributed by atoms with van der Waals surface area (Å²) in [6.07, 6.45) is 5.18. The van der Waals surface area contributed by atoms with Gasteiger partial charge in [-0.2, -0.15) is 0 Å². The lowest BCUT2D eigenvalue weighted by Crippen LogP contribution is -2.45. The van der Waals surface area contributed by atoms with Crippen LogP contribution >= 0.6 is 11.8 Å². The number of rotatable bonds is 5. The van der Waals surface area contributed by atoms with Gasteiger partial charge in [-0.25, -0.2) is 0 Å². The van der Waals surface area contributed by atoms with Gasteiger partial charge in [-0.1, -0.05) is 18.2 Å². The number of thioether (sulfide) groups is 1. The highest BCUT2D eigenvalue weighted by Crippen LogP contribution is 2.26. The predicted molar refractivity (Wildman–Crippen MR) is 80.2 cm³/mol. The van der Waals surface area contributed by atoms with E-state index in [9.17, 15) is 0 Å². The molecule has 1 N–H and O–H groups in total. The van der Waals surface area contributed by atoms with Gasteiger partial charge in [0.2, 0.25) is 0 Å². The summed E-state index contributed by atoms with van der Waals surface area (Å²) in [4.78, 5) is 3.89. The molecule has 0 aliphatic carbocycles. The normalized spacial score (nSPS) is 18.5. The Hall–Kier alpha value is -0.770. The lowest BCUT2D eigenvalue weighted by molar-refractivity contribution is 0.174. The summed E-state index contributed by atoms with van der Waals surface area (Å²) in [5.41, 5.74) is 1.41. The van der Waals surface area contributed by atoms with Crippen molar-refractivity contribution >= 4 is 11.8 Å². The number of nitrogens with zero attached hydrogens (tertiary/aromatic N) is 1. The van der Waals surface area contributed by atoms with Gasteiger partial charge in [0.15, 0.2) is 0 Å². The molecule has 1 fully saturated rings. The molecule has 0 unspecified atom stereocenters. The van der Waals surface area contributed by atoms with E-state index < -0.39 is 0 Å². The first kappa shape index (κ1) is 13.7. The third-order valence-electron chi connectivity index (χ3n) is 3.48. The van der Waals surface area contributed by atoms with E-state index in [2.05, 4.69) is 47.3 Å². The molecule has 1 aliphatic heterocycles. The van der Waals surface area contributed by atoms with Crippen LogP contribution in [0, 0.1) is 0 Å². The minimum atomic E-state index is 0.487. The fourth-order valence-electron chi connectivity index (χ4n) is 2.47. The average Bonchev–Trinajstić information content (AvgIpc) is 2.46. The molecule has 1 aromatic rings. The number of hydrogen-bond acceptors (Lipinski definition) is 3. The van der Waals surface area contributed by atoms with Gasteiger partial charge in [0, 0.05) is 37.1 Å². The van der Waals surface area contributed by atoms with Crippen LogP contribution in [0.1, 0.15) is 18.0 Å². The van der Waals surface area contributed by atoms with Crippen molar-refractivity contribution in [2.24, 2.45) is 0 Å². The number of benzene rings is 1. The summed E-state index contributed by atoms with van der Waals surface area (Å²) in [5, 5.41) is 3.41. The monoisotopic (exact) mass is 262 g/mol. The summed E-state index contributed by atoms with van der Waals surface area (Å²) >= 11 is 1.79. The largest absolute Gasteiger partial charge is 0.314 e. The van der Waals surface area contributed by atoms with Crippen LogP contribution in [0.5, 0.6) is 0 Å². The molecule has 0 bridgehead atoms. The molecule has 2 rings (SSSR count). The van der Waals surface area contributed by atoms with E-state index in [-0.39, 0.29) is 0 Å². The molecule has 0 spiro atoms. The van der Waals surface area contributed by atoms with Crippen molar-refractivity contribution < 1.29 is 0 Å². The first-order valence-electron chi connectivity index (χ1n) is 6.54. The Morgan fingerprint density at radius 1 is 1.33 bits per heavy atom. The highest BCUT2D eigenvalue weighted by atomic mass is 32.2. The maximum Gasteiger partial charge on any atom is 0.0383 e. The van der Waals surface area contributed by atoms with Crippen molar-refractivity contribution in [3.05, 3.63) is 42.5 Å². The van der Waals surface area contributed by atoms with E-state index >= 15 is 0 Å². The molecule has 2 nitrogen and oxygen atoms in total. The first-order chi connectivity index (χ1) is 8.85. The molecule has 1 aromatic carbocycles. The minimum Gasteiger partial charge on any atom is -0.314 e. The molecule has 0 aromatic heterocycles. The minimum absolute atomic E-state index is 0.487. The molecule has 1 aliphatic rings. The second kappa shape index (κ2) is 6.98. The second-order valence-electron chi connectivity index (χ2n) is 4.60. The van der Waals surface area contributed by atoms with Crippen LogP contribution in [0.4, 0.5) is 0 Å². The fourth-order valence-corrected chi connectivity index (χ4v) is 2.88. The summed E-state index contributed by atoms with van der Waals surface area (Å²) in [7, 11) is 0. The van der Waals surface area contributed by atoms with E-state index in [1.165, 1.54) is 10.5 Å². The lowest BCUT2D eigenvalue weighted by Gasteiger charge is -2.34. The van der Waals surface area contributed by atoms with Crippen LogP contribution in [0.2, 0.25) is 0 Å². The molecule has 1 saturated heterocycles. The Kier molecular flexibility index (Phi) is 5.29. The molecule has 0 radical (unpaired) electrons. The van der Waals surface area contributed by atoms with E-state index in [1.807, 2.05) is 6.08 Å². The highest BCUT2D eigenvalue weighted by molar-refractivity contribution is 7.98. The van der Waals surface area contributed by atoms with Gasteiger partial charge in [-0.3, -0.25) is 4.90 Å². The third kappa shape index (κ3) is 3.37. The predicted octanol–water partition coefficient (Wildman–Crippen LogP) is 2.93. The zero-order chi connectivity index (χ0) is 12.8. The molecule has 18 heavy (non-hydrogen) atoms. The van der Waals surface area contributed by atoms with Crippen LogP contribution in [0.3, 0.4) is 0 Å². The smallest absolute Gasteiger partial charge is 0.0383 e. The van der Waals surface area contributed by atoms with Gasteiger partial charge >= 0.3 is 0 Å². The summed E-state index contributed by atoms with van der Waals surface area (Å²) in [6.45, 7) is 8.35. The molecule has 3 heteroatoms. The topological polar surface area (TPSA) is 15.3 Å². The van der Waals surface area contributed by atoms with E-state index in [1.54, 1.807) is 11.8 Å². The van der Waals surface area contributed by atoms with E-state index in [0.717, 1.165) is 32.6 Å². The average molecular weight is 262 g/mol. The highest BCUT2D eigenvalue weighted by Gasteiger charge is 2.20. The van der Waals surface area contributed by atoms with Crippen LogP contribution in [0.15, 0.2) is 41.8 Å². The van der Waals surface area contributed by atoms with Gasteiger partial charge in [0.1, 0.15) is 0 Å². The van der Waals surface area contributed by atoms with Gasteiger partial charge in [-0.05, 0) is 30.4 Å². The summed E-state index contributed by atoms with van der Waals surface area (Å²) < 4.78 is 0. The zero-order valence-electron chi connectivity index (χ0n) is 11.1. The maximum absolute atomic E-state index is 3.91. The van der Waals surface area contributed by atoms with Gasteiger partial charge in [0.25, 0.3) is 0 Å². The SMILES string of the molecule is C=CC[C@@H](c1ccc(SC)cc1)N1CCNCC1. The number of nitrogens with one attached hydrogen (secondary N) is 1. The third-order valence-corrected chi connectivity index (χ3v) is 4.23. The Balaban J connectivity index is 2.13. The molecule has 1 heterocycles. The lowest BCUT2D eigenvalue weighted by atomic mass is 10.0. The Morgan fingerprint density at radius 3 is 2.56 bits per heavy atom. The van der Waals surface area contributed by atoms with Crippen LogP contribution in [-0.4, -0.2) is 37.3 Å². The Bertz CT molecular complexity index is 369.